The first-order valence-electron chi connectivity index (χ1n) is 6.20. The van der Waals surface area contributed by atoms with E-state index in [-0.39, 0.29) is 0 Å². The molecule has 2 aliphatic rings. The van der Waals surface area contributed by atoms with Gasteiger partial charge in [-0.15, -0.1) is 0 Å². The predicted molar refractivity (Wildman–Crippen MR) is 64.8 cm³/mol. The third-order valence-corrected chi connectivity index (χ3v) is 3.87. The van der Waals surface area contributed by atoms with Gasteiger partial charge in [-0.1, -0.05) is 18.2 Å². The summed E-state index contributed by atoms with van der Waals surface area (Å²) in [7, 11) is 0. The Labute approximate surface area is 96.8 Å². The Morgan fingerprint density at radius 3 is 3.00 bits per heavy atom. The zero-order chi connectivity index (χ0) is 10.8. The van der Waals surface area contributed by atoms with Gasteiger partial charge in [0.25, 0.3) is 0 Å². The van der Waals surface area contributed by atoms with E-state index in [9.17, 15) is 0 Å². The minimum Gasteiger partial charge on any atom is -0.312 e. The van der Waals surface area contributed by atoms with E-state index < -0.39 is 0 Å². The molecule has 1 heterocycles. The Kier molecular flexibility index (Phi) is 2.75. The average Bonchev–Trinajstić information content (AvgIpc) is 2.92. The topological polar surface area (TPSA) is 24.9 Å². The SMILES string of the molecule is C1=CC2CC1CC2CNCc1cccnc1. The van der Waals surface area contributed by atoms with E-state index in [0.717, 1.165) is 30.8 Å². The second kappa shape index (κ2) is 4.38. The lowest BCUT2D eigenvalue weighted by Crippen LogP contribution is -2.25. The molecule has 1 fully saturated rings. The maximum atomic E-state index is 4.12. The zero-order valence-corrected chi connectivity index (χ0v) is 9.47. The first kappa shape index (κ1) is 10.0. The fourth-order valence-corrected chi connectivity index (χ4v) is 3.03. The molecule has 16 heavy (non-hydrogen) atoms. The summed E-state index contributed by atoms with van der Waals surface area (Å²) in [6.07, 6.45) is 11.4. The number of hydrogen-bond acceptors (Lipinski definition) is 2. The van der Waals surface area contributed by atoms with Crippen LogP contribution < -0.4 is 5.32 Å². The molecule has 1 aromatic heterocycles. The van der Waals surface area contributed by atoms with E-state index >= 15 is 0 Å². The van der Waals surface area contributed by atoms with Crippen molar-refractivity contribution < 1.29 is 0 Å². The number of rotatable bonds is 4. The molecule has 0 aromatic carbocycles. The Bertz CT molecular complexity index is 372. The van der Waals surface area contributed by atoms with Gasteiger partial charge in [0.2, 0.25) is 0 Å². The van der Waals surface area contributed by atoms with Gasteiger partial charge in [0.15, 0.2) is 0 Å². The monoisotopic (exact) mass is 214 g/mol. The molecule has 1 saturated carbocycles. The van der Waals surface area contributed by atoms with Crippen molar-refractivity contribution >= 4 is 0 Å². The molecule has 0 radical (unpaired) electrons. The largest absolute Gasteiger partial charge is 0.312 e. The number of nitrogens with zero attached hydrogens (tertiary/aromatic N) is 1. The predicted octanol–water partition coefficient (Wildman–Crippen LogP) is 2.38. The van der Waals surface area contributed by atoms with Crippen molar-refractivity contribution in [3.05, 3.63) is 42.2 Å². The van der Waals surface area contributed by atoms with Crippen LogP contribution in [0, 0.1) is 17.8 Å². The Morgan fingerprint density at radius 2 is 2.31 bits per heavy atom. The van der Waals surface area contributed by atoms with Crippen LogP contribution in [0.25, 0.3) is 0 Å². The van der Waals surface area contributed by atoms with Crippen molar-refractivity contribution in [3.63, 3.8) is 0 Å². The number of nitrogens with one attached hydrogen (secondary N) is 1. The summed E-state index contributed by atoms with van der Waals surface area (Å²) in [4.78, 5) is 4.12. The van der Waals surface area contributed by atoms with Gasteiger partial charge in [0, 0.05) is 18.9 Å². The van der Waals surface area contributed by atoms with Crippen molar-refractivity contribution in [1.82, 2.24) is 10.3 Å². The molecule has 84 valence electrons. The van der Waals surface area contributed by atoms with Crippen LogP contribution in [0.5, 0.6) is 0 Å². The van der Waals surface area contributed by atoms with Crippen molar-refractivity contribution in [2.75, 3.05) is 6.54 Å². The smallest absolute Gasteiger partial charge is 0.0312 e. The highest BCUT2D eigenvalue weighted by molar-refractivity contribution is 5.11. The second-order valence-electron chi connectivity index (χ2n) is 5.03. The fourth-order valence-electron chi connectivity index (χ4n) is 3.03. The number of allylic oxidation sites excluding steroid dienone is 2. The number of hydrogen-bond donors (Lipinski definition) is 1. The maximum absolute atomic E-state index is 4.12. The van der Waals surface area contributed by atoms with Gasteiger partial charge in [-0.05, 0) is 48.8 Å². The first-order valence-corrected chi connectivity index (χ1v) is 6.20. The lowest BCUT2D eigenvalue weighted by atomic mass is 9.93. The van der Waals surface area contributed by atoms with E-state index in [0.29, 0.717) is 0 Å². The molecular weight excluding hydrogens is 196 g/mol. The number of pyridine rings is 1. The van der Waals surface area contributed by atoms with Crippen LogP contribution in [-0.4, -0.2) is 11.5 Å². The van der Waals surface area contributed by atoms with E-state index in [4.69, 9.17) is 0 Å². The average molecular weight is 214 g/mol. The van der Waals surface area contributed by atoms with Crippen molar-refractivity contribution in [2.24, 2.45) is 17.8 Å². The first-order chi connectivity index (χ1) is 7.92. The summed E-state index contributed by atoms with van der Waals surface area (Å²) >= 11 is 0. The summed E-state index contributed by atoms with van der Waals surface area (Å²) in [5, 5.41) is 3.55. The summed E-state index contributed by atoms with van der Waals surface area (Å²) in [6.45, 7) is 2.10. The molecule has 3 atom stereocenters. The van der Waals surface area contributed by atoms with Gasteiger partial charge < -0.3 is 5.32 Å². The molecule has 0 aliphatic heterocycles. The highest BCUT2D eigenvalue weighted by atomic mass is 14.9. The van der Waals surface area contributed by atoms with Gasteiger partial charge in [0.1, 0.15) is 0 Å². The molecular formula is C14H18N2. The molecule has 2 bridgehead atoms. The zero-order valence-electron chi connectivity index (χ0n) is 9.47. The lowest BCUT2D eigenvalue weighted by molar-refractivity contribution is 0.414. The molecule has 2 heteroatoms. The molecule has 0 amide bonds. The van der Waals surface area contributed by atoms with Crippen molar-refractivity contribution in [1.29, 1.82) is 0 Å². The van der Waals surface area contributed by atoms with Crippen LogP contribution in [0.3, 0.4) is 0 Å². The number of fused-ring (bicyclic) bond motifs is 2. The molecule has 0 spiro atoms. The second-order valence-corrected chi connectivity index (χ2v) is 5.03. The van der Waals surface area contributed by atoms with Crippen molar-refractivity contribution in [3.8, 4) is 0 Å². The summed E-state index contributed by atoms with van der Waals surface area (Å²) in [5.74, 6) is 2.60. The van der Waals surface area contributed by atoms with Crippen LogP contribution >= 0.6 is 0 Å². The van der Waals surface area contributed by atoms with Gasteiger partial charge >= 0.3 is 0 Å². The minimum absolute atomic E-state index is 0.853. The van der Waals surface area contributed by atoms with Gasteiger partial charge in [0.05, 0.1) is 0 Å². The van der Waals surface area contributed by atoms with Crippen molar-refractivity contribution in [2.45, 2.75) is 19.4 Å². The van der Waals surface area contributed by atoms with Gasteiger partial charge in [-0.25, -0.2) is 0 Å². The van der Waals surface area contributed by atoms with E-state index in [1.165, 1.54) is 18.4 Å². The molecule has 2 nitrogen and oxygen atoms in total. The standard InChI is InChI=1S/C14H18N2/c1-2-12(8-15-5-1)9-16-10-14-7-11-3-4-13(14)6-11/h1-5,8,11,13-14,16H,6-7,9-10H2. The van der Waals surface area contributed by atoms with Crippen LogP contribution in [0.4, 0.5) is 0 Å². The van der Waals surface area contributed by atoms with Gasteiger partial charge in [-0.3, -0.25) is 4.98 Å². The maximum Gasteiger partial charge on any atom is 0.0312 e. The Morgan fingerprint density at radius 1 is 1.31 bits per heavy atom. The Hall–Kier alpha value is -1.15. The highest BCUT2D eigenvalue weighted by Gasteiger charge is 2.34. The fraction of sp³-hybridized carbons (Fsp3) is 0.500. The third kappa shape index (κ3) is 2.03. The highest BCUT2D eigenvalue weighted by Crippen LogP contribution is 2.42. The number of aromatic nitrogens is 1. The van der Waals surface area contributed by atoms with E-state index in [2.05, 4.69) is 28.5 Å². The molecule has 1 aromatic rings. The summed E-state index contributed by atoms with van der Waals surface area (Å²) in [6, 6.07) is 4.12. The lowest BCUT2D eigenvalue weighted by Gasteiger charge is -2.18. The third-order valence-electron chi connectivity index (χ3n) is 3.87. The van der Waals surface area contributed by atoms with Crippen LogP contribution in [0.2, 0.25) is 0 Å². The molecule has 1 N–H and O–H groups in total. The molecule has 0 saturated heterocycles. The summed E-state index contributed by atoms with van der Waals surface area (Å²) in [5.41, 5.74) is 1.28. The van der Waals surface area contributed by atoms with E-state index in [1.807, 2.05) is 18.5 Å². The molecule has 2 aliphatic carbocycles. The van der Waals surface area contributed by atoms with Crippen LogP contribution in [0.1, 0.15) is 18.4 Å². The van der Waals surface area contributed by atoms with Crippen LogP contribution in [-0.2, 0) is 6.54 Å². The molecule has 3 unspecified atom stereocenters. The summed E-state index contributed by atoms with van der Waals surface area (Å²) < 4.78 is 0. The van der Waals surface area contributed by atoms with E-state index in [1.54, 1.807) is 0 Å². The Balaban J connectivity index is 1.46. The molecule has 3 rings (SSSR count). The van der Waals surface area contributed by atoms with Crippen LogP contribution in [0.15, 0.2) is 36.7 Å². The van der Waals surface area contributed by atoms with Gasteiger partial charge in [-0.2, -0.15) is 0 Å². The quantitative estimate of drug-likeness (QED) is 0.778. The normalized spacial score (nSPS) is 31.1. The minimum atomic E-state index is 0.853.